The fourth-order valence-corrected chi connectivity index (χ4v) is 5.07. The molecule has 1 saturated carbocycles. The monoisotopic (exact) mass is 480 g/mol. The van der Waals surface area contributed by atoms with Crippen molar-refractivity contribution in [1.29, 1.82) is 0 Å². The molecule has 0 aromatic carbocycles. The van der Waals surface area contributed by atoms with Crippen LogP contribution in [0.15, 0.2) is 24.4 Å². The van der Waals surface area contributed by atoms with Crippen molar-refractivity contribution in [2.75, 3.05) is 18.5 Å². The van der Waals surface area contributed by atoms with Gasteiger partial charge in [-0.3, -0.25) is 14.6 Å². The van der Waals surface area contributed by atoms with Crippen molar-refractivity contribution < 1.29 is 14.0 Å². The van der Waals surface area contributed by atoms with Gasteiger partial charge < -0.3 is 16.0 Å². The lowest BCUT2D eigenvalue weighted by Crippen LogP contribution is -2.47. The molecule has 174 valence electrons. The van der Waals surface area contributed by atoms with Gasteiger partial charge in [-0.1, -0.05) is 37.3 Å². The minimum atomic E-state index is -0.654. The van der Waals surface area contributed by atoms with E-state index >= 15 is 0 Å². The molecule has 0 bridgehead atoms. The van der Waals surface area contributed by atoms with Crippen LogP contribution in [-0.2, 0) is 4.79 Å². The van der Waals surface area contributed by atoms with Crippen LogP contribution in [0.1, 0.15) is 65.3 Å². The maximum Gasteiger partial charge on any atom is 0.262 e. The Kier molecular flexibility index (Phi) is 8.87. The molecule has 6 nitrogen and oxygen atoms in total. The highest BCUT2D eigenvalue weighted by Crippen LogP contribution is 2.30. The van der Waals surface area contributed by atoms with Crippen LogP contribution in [0.3, 0.4) is 0 Å². The van der Waals surface area contributed by atoms with E-state index in [-0.39, 0.29) is 24.4 Å². The average molecular weight is 481 g/mol. The van der Waals surface area contributed by atoms with Crippen LogP contribution in [0, 0.1) is 12.8 Å². The molecular weight excluding hydrogens is 451 g/mol. The van der Waals surface area contributed by atoms with Crippen molar-refractivity contribution in [3.05, 3.63) is 44.9 Å². The first-order valence-electron chi connectivity index (χ1n) is 11.0. The third kappa shape index (κ3) is 6.65. The van der Waals surface area contributed by atoms with Gasteiger partial charge in [0.2, 0.25) is 5.91 Å². The Hall–Kier alpha value is -2.19. The molecule has 0 aliphatic heterocycles. The number of nitrogens with zero attached hydrogens (tertiary/aromatic N) is 1. The van der Waals surface area contributed by atoms with Crippen LogP contribution in [-0.4, -0.2) is 36.1 Å². The van der Waals surface area contributed by atoms with Gasteiger partial charge in [0.1, 0.15) is 12.7 Å². The van der Waals surface area contributed by atoms with Gasteiger partial charge in [-0.2, -0.15) is 0 Å². The molecule has 0 spiro atoms. The standard InChI is InChI=1S/C23H30ClFN4O2S/c1-14-18(12-17(24)13-27-14)28-15(2)20-7-8-21(32-20)23(31)29-19(22(30)26-10-9-25)11-16-5-3-4-6-16/h7-8,12-13,15-16,19,28H,3-6,9-11H2,1-2H3,(H,26,30)(H,29,31)/t15-,19-/m0/s1. The number of nitrogens with one attached hydrogen (secondary N) is 3. The summed E-state index contributed by atoms with van der Waals surface area (Å²) in [5, 5.41) is 9.38. The number of carbonyl (C=O) groups is 2. The zero-order valence-electron chi connectivity index (χ0n) is 18.4. The number of alkyl halides is 1. The summed E-state index contributed by atoms with van der Waals surface area (Å²) in [5.74, 6) is -0.194. The molecule has 1 aliphatic carbocycles. The van der Waals surface area contributed by atoms with Crippen LogP contribution in [0.4, 0.5) is 10.1 Å². The Labute approximate surface area is 197 Å². The Bertz CT molecular complexity index is 932. The van der Waals surface area contributed by atoms with E-state index in [1.807, 2.05) is 26.0 Å². The zero-order chi connectivity index (χ0) is 23.1. The van der Waals surface area contributed by atoms with E-state index in [4.69, 9.17) is 11.6 Å². The topological polar surface area (TPSA) is 83.1 Å². The number of hydrogen-bond acceptors (Lipinski definition) is 5. The lowest BCUT2D eigenvalue weighted by Gasteiger charge is -2.21. The minimum Gasteiger partial charge on any atom is -0.376 e. The Balaban J connectivity index is 1.65. The Morgan fingerprint density at radius 3 is 2.78 bits per heavy atom. The summed E-state index contributed by atoms with van der Waals surface area (Å²) in [6, 6.07) is 4.79. The first kappa shape index (κ1) is 24.5. The van der Waals surface area contributed by atoms with E-state index in [1.54, 1.807) is 12.3 Å². The number of pyridine rings is 1. The van der Waals surface area contributed by atoms with Crippen LogP contribution in [0.2, 0.25) is 5.02 Å². The minimum absolute atomic E-state index is 0.0417. The number of rotatable bonds is 10. The number of hydrogen-bond donors (Lipinski definition) is 3. The van der Waals surface area contributed by atoms with Crippen molar-refractivity contribution in [1.82, 2.24) is 15.6 Å². The molecule has 2 heterocycles. The second-order valence-electron chi connectivity index (χ2n) is 8.25. The number of aryl methyl sites for hydroxylation is 1. The maximum atomic E-state index is 12.9. The molecule has 2 atom stereocenters. The quantitative estimate of drug-likeness (QED) is 0.444. The van der Waals surface area contributed by atoms with Crippen molar-refractivity contribution in [3.8, 4) is 0 Å². The van der Waals surface area contributed by atoms with Crippen LogP contribution in [0.25, 0.3) is 0 Å². The number of thiophene rings is 1. The van der Waals surface area contributed by atoms with Gasteiger partial charge in [-0.15, -0.1) is 11.3 Å². The summed E-state index contributed by atoms with van der Waals surface area (Å²) >= 11 is 7.43. The highest BCUT2D eigenvalue weighted by Gasteiger charge is 2.27. The summed E-state index contributed by atoms with van der Waals surface area (Å²) in [4.78, 5) is 31.2. The second kappa shape index (κ2) is 11.6. The van der Waals surface area contributed by atoms with Gasteiger partial charge in [0.05, 0.1) is 27.3 Å². The van der Waals surface area contributed by atoms with Crippen LogP contribution in [0.5, 0.6) is 0 Å². The molecule has 0 radical (unpaired) electrons. The molecule has 2 amide bonds. The van der Waals surface area contributed by atoms with E-state index < -0.39 is 12.7 Å². The Morgan fingerprint density at radius 2 is 2.06 bits per heavy atom. The van der Waals surface area contributed by atoms with Crippen molar-refractivity contribution in [2.24, 2.45) is 5.92 Å². The van der Waals surface area contributed by atoms with Gasteiger partial charge in [0.15, 0.2) is 0 Å². The van der Waals surface area contributed by atoms with E-state index in [2.05, 4.69) is 20.9 Å². The number of anilines is 1. The molecule has 32 heavy (non-hydrogen) atoms. The predicted octanol–water partition coefficient (Wildman–Crippen LogP) is 5.04. The first-order valence-corrected chi connectivity index (χ1v) is 12.2. The van der Waals surface area contributed by atoms with Gasteiger partial charge in [0.25, 0.3) is 5.91 Å². The number of halogens is 2. The zero-order valence-corrected chi connectivity index (χ0v) is 20.0. The number of aromatic nitrogens is 1. The molecule has 1 aliphatic rings. The smallest absolute Gasteiger partial charge is 0.262 e. The molecule has 3 N–H and O–H groups in total. The van der Waals surface area contributed by atoms with Crippen LogP contribution < -0.4 is 16.0 Å². The SMILES string of the molecule is Cc1ncc(Cl)cc1N[C@@H](C)c1ccc(C(=O)N[C@@H](CC2CCCC2)C(=O)NCCF)s1. The lowest BCUT2D eigenvalue weighted by molar-refractivity contribution is -0.123. The summed E-state index contributed by atoms with van der Waals surface area (Å²) in [5.41, 5.74) is 1.68. The molecule has 3 rings (SSSR count). The third-order valence-electron chi connectivity index (χ3n) is 5.76. The average Bonchev–Trinajstić information content (AvgIpc) is 3.46. The van der Waals surface area contributed by atoms with E-state index in [9.17, 15) is 14.0 Å². The van der Waals surface area contributed by atoms with Crippen molar-refractivity contribution >= 4 is 40.4 Å². The van der Waals surface area contributed by atoms with Crippen molar-refractivity contribution in [3.63, 3.8) is 0 Å². The molecule has 2 aromatic heterocycles. The maximum absolute atomic E-state index is 12.9. The number of carbonyl (C=O) groups excluding carboxylic acids is 2. The molecule has 1 fully saturated rings. The Morgan fingerprint density at radius 1 is 1.31 bits per heavy atom. The van der Waals surface area contributed by atoms with E-state index in [1.165, 1.54) is 11.3 Å². The molecule has 9 heteroatoms. The summed E-state index contributed by atoms with van der Waals surface area (Å²) in [6.07, 6.45) is 6.61. The summed E-state index contributed by atoms with van der Waals surface area (Å²) in [6.45, 7) is 3.23. The van der Waals surface area contributed by atoms with Gasteiger partial charge in [-0.05, 0) is 44.4 Å². The number of amides is 2. The fraction of sp³-hybridized carbons (Fsp3) is 0.522. The van der Waals surface area contributed by atoms with Gasteiger partial charge in [0, 0.05) is 17.6 Å². The van der Waals surface area contributed by atoms with Gasteiger partial charge >= 0.3 is 0 Å². The second-order valence-corrected chi connectivity index (χ2v) is 9.80. The summed E-state index contributed by atoms with van der Waals surface area (Å²) in [7, 11) is 0. The molecule has 0 saturated heterocycles. The van der Waals surface area contributed by atoms with Gasteiger partial charge in [-0.25, -0.2) is 4.39 Å². The van der Waals surface area contributed by atoms with Crippen molar-refractivity contribution in [2.45, 2.75) is 58.0 Å². The fourth-order valence-electron chi connectivity index (χ4n) is 4.00. The molecule has 0 unspecified atom stereocenters. The summed E-state index contributed by atoms with van der Waals surface area (Å²) < 4.78 is 12.5. The highest BCUT2D eigenvalue weighted by molar-refractivity contribution is 7.14. The first-order chi connectivity index (χ1) is 15.4. The third-order valence-corrected chi connectivity index (χ3v) is 7.24. The normalized spacial score (nSPS) is 15.9. The molecule has 2 aromatic rings. The van der Waals surface area contributed by atoms with Crippen LogP contribution >= 0.6 is 22.9 Å². The van der Waals surface area contributed by atoms with E-state index in [0.29, 0.717) is 22.2 Å². The lowest BCUT2D eigenvalue weighted by atomic mass is 9.97. The largest absolute Gasteiger partial charge is 0.376 e. The molecular formula is C23H30ClFN4O2S. The van der Waals surface area contributed by atoms with E-state index in [0.717, 1.165) is 41.9 Å². The predicted molar refractivity (Wildman–Crippen MR) is 127 cm³/mol. The highest BCUT2D eigenvalue weighted by atomic mass is 35.5.